The summed E-state index contributed by atoms with van der Waals surface area (Å²) >= 11 is 11.6. The number of carbonyl (C=O) groups excluding carboxylic acids is 1. The predicted molar refractivity (Wildman–Crippen MR) is 60.3 cm³/mol. The average Bonchev–Trinajstić information content (AvgIpc) is 2.17. The number of rotatable bonds is 1. The number of primary amides is 1. The fraction of sp³-hybridized carbons (Fsp3) is 0. The Morgan fingerprint density at radius 1 is 1.27 bits per heavy atom. The van der Waals surface area contributed by atoms with Crippen LogP contribution in [0.1, 0.15) is 10.4 Å². The third kappa shape index (κ3) is 1.89. The molecule has 0 radical (unpaired) electrons. The van der Waals surface area contributed by atoms with E-state index < -0.39 is 5.91 Å². The Morgan fingerprint density at radius 2 is 2.00 bits per heavy atom. The van der Waals surface area contributed by atoms with Crippen LogP contribution in [0.15, 0.2) is 24.3 Å². The van der Waals surface area contributed by atoms with Crippen molar-refractivity contribution in [2.24, 2.45) is 5.73 Å². The van der Waals surface area contributed by atoms with Crippen LogP contribution in [0.3, 0.4) is 0 Å². The molecule has 15 heavy (non-hydrogen) atoms. The van der Waals surface area contributed by atoms with Gasteiger partial charge in [-0.2, -0.15) is 0 Å². The number of nitrogens with zero attached hydrogens (tertiary/aromatic N) is 1. The average molecular weight is 241 g/mol. The van der Waals surface area contributed by atoms with Crippen molar-refractivity contribution in [1.82, 2.24) is 4.98 Å². The summed E-state index contributed by atoms with van der Waals surface area (Å²) in [5, 5.41) is 1.37. The number of fused-ring (bicyclic) bond motifs is 1. The van der Waals surface area contributed by atoms with Crippen molar-refractivity contribution in [2.45, 2.75) is 0 Å². The van der Waals surface area contributed by atoms with Crippen molar-refractivity contribution in [1.29, 1.82) is 0 Å². The standard InChI is InChI=1S/C10H6Cl2N2O/c11-5-1-2-8-6(3-5)7(10(13)15)4-9(12)14-8/h1-4H,(H2,13,15). The second kappa shape index (κ2) is 3.68. The molecule has 0 spiro atoms. The van der Waals surface area contributed by atoms with Gasteiger partial charge in [0.25, 0.3) is 0 Å². The Bertz CT molecular complexity index is 554. The maximum absolute atomic E-state index is 11.2. The van der Waals surface area contributed by atoms with Gasteiger partial charge in [0.05, 0.1) is 11.1 Å². The summed E-state index contributed by atoms with van der Waals surface area (Å²) < 4.78 is 0. The first-order valence-corrected chi connectivity index (χ1v) is 4.89. The quantitative estimate of drug-likeness (QED) is 0.780. The summed E-state index contributed by atoms with van der Waals surface area (Å²) in [6.45, 7) is 0. The van der Waals surface area contributed by atoms with Gasteiger partial charge < -0.3 is 5.73 Å². The van der Waals surface area contributed by atoms with Gasteiger partial charge in [0.15, 0.2) is 0 Å². The fourth-order valence-electron chi connectivity index (χ4n) is 1.37. The van der Waals surface area contributed by atoms with E-state index in [2.05, 4.69) is 4.98 Å². The molecule has 0 bridgehead atoms. The maximum atomic E-state index is 11.2. The van der Waals surface area contributed by atoms with E-state index in [0.717, 1.165) is 0 Å². The number of nitrogens with two attached hydrogens (primary N) is 1. The van der Waals surface area contributed by atoms with E-state index >= 15 is 0 Å². The summed E-state index contributed by atoms with van der Waals surface area (Å²) in [7, 11) is 0. The molecule has 0 aliphatic heterocycles. The highest BCUT2D eigenvalue weighted by Gasteiger charge is 2.09. The zero-order chi connectivity index (χ0) is 11.0. The Balaban J connectivity index is 2.87. The van der Waals surface area contributed by atoms with Gasteiger partial charge in [-0.15, -0.1) is 0 Å². The lowest BCUT2D eigenvalue weighted by atomic mass is 10.1. The summed E-state index contributed by atoms with van der Waals surface area (Å²) in [4.78, 5) is 15.2. The number of hydrogen-bond donors (Lipinski definition) is 1. The van der Waals surface area contributed by atoms with E-state index in [4.69, 9.17) is 28.9 Å². The third-order valence-electron chi connectivity index (χ3n) is 2.00. The lowest BCUT2D eigenvalue weighted by Crippen LogP contribution is -2.11. The van der Waals surface area contributed by atoms with Crippen molar-refractivity contribution in [3.05, 3.63) is 40.0 Å². The number of amides is 1. The third-order valence-corrected chi connectivity index (χ3v) is 2.43. The minimum atomic E-state index is -0.549. The molecule has 1 aromatic carbocycles. The molecule has 2 aromatic rings. The SMILES string of the molecule is NC(=O)c1cc(Cl)nc2ccc(Cl)cc12. The molecule has 2 N–H and O–H groups in total. The topological polar surface area (TPSA) is 56.0 Å². The molecule has 5 heteroatoms. The molecule has 0 aliphatic carbocycles. The molecule has 0 saturated heterocycles. The molecular formula is C10H6Cl2N2O. The highest BCUT2D eigenvalue weighted by Crippen LogP contribution is 2.23. The number of halogens is 2. The highest BCUT2D eigenvalue weighted by molar-refractivity contribution is 6.32. The smallest absolute Gasteiger partial charge is 0.249 e. The Kier molecular flexibility index (Phi) is 2.50. The van der Waals surface area contributed by atoms with E-state index in [0.29, 0.717) is 21.5 Å². The van der Waals surface area contributed by atoms with Gasteiger partial charge in [-0.25, -0.2) is 4.98 Å². The van der Waals surface area contributed by atoms with Gasteiger partial charge in [-0.1, -0.05) is 23.2 Å². The van der Waals surface area contributed by atoms with Crippen LogP contribution in [-0.2, 0) is 0 Å². The van der Waals surface area contributed by atoms with Gasteiger partial charge in [0.1, 0.15) is 5.15 Å². The number of carbonyl (C=O) groups is 1. The zero-order valence-electron chi connectivity index (χ0n) is 7.50. The number of pyridine rings is 1. The number of aromatic nitrogens is 1. The fourth-order valence-corrected chi connectivity index (χ4v) is 1.74. The first-order valence-electron chi connectivity index (χ1n) is 4.13. The van der Waals surface area contributed by atoms with E-state index in [1.807, 2.05) is 0 Å². The normalized spacial score (nSPS) is 10.5. The molecule has 0 fully saturated rings. The van der Waals surface area contributed by atoms with Crippen molar-refractivity contribution >= 4 is 40.0 Å². The molecule has 1 aromatic heterocycles. The van der Waals surface area contributed by atoms with Crippen molar-refractivity contribution in [3.8, 4) is 0 Å². The van der Waals surface area contributed by atoms with E-state index in [1.165, 1.54) is 6.07 Å². The second-order valence-electron chi connectivity index (χ2n) is 3.02. The Hall–Kier alpha value is -1.32. The van der Waals surface area contributed by atoms with Crippen molar-refractivity contribution in [2.75, 3.05) is 0 Å². The molecule has 3 nitrogen and oxygen atoms in total. The molecule has 0 atom stereocenters. The molecular weight excluding hydrogens is 235 g/mol. The number of benzene rings is 1. The lowest BCUT2D eigenvalue weighted by Gasteiger charge is -2.03. The molecule has 0 aliphatic rings. The molecule has 1 amide bonds. The van der Waals surface area contributed by atoms with Crippen LogP contribution in [0.5, 0.6) is 0 Å². The van der Waals surface area contributed by atoms with Gasteiger partial charge in [0.2, 0.25) is 5.91 Å². The monoisotopic (exact) mass is 240 g/mol. The lowest BCUT2D eigenvalue weighted by molar-refractivity contribution is 0.100. The molecule has 2 rings (SSSR count). The zero-order valence-corrected chi connectivity index (χ0v) is 9.01. The van der Waals surface area contributed by atoms with Crippen LogP contribution in [0, 0.1) is 0 Å². The molecule has 0 unspecified atom stereocenters. The van der Waals surface area contributed by atoms with Crippen LogP contribution >= 0.6 is 23.2 Å². The van der Waals surface area contributed by atoms with Crippen LogP contribution in [0.4, 0.5) is 0 Å². The summed E-state index contributed by atoms with van der Waals surface area (Å²) in [6.07, 6.45) is 0. The molecule has 76 valence electrons. The van der Waals surface area contributed by atoms with Crippen LogP contribution in [0.2, 0.25) is 10.2 Å². The van der Waals surface area contributed by atoms with Crippen molar-refractivity contribution in [3.63, 3.8) is 0 Å². The van der Waals surface area contributed by atoms with Gasteiger partial charge in [-0.3, -0.25) is 4.79 Å². The largest absolute Gasteiger partial charge is 0.366 e. The van der Waals surface area contributed by atoms with Crippen LogP contribution in [0.25, 0.3) is 10.9 Å². The summed E-state index contributed by atoms with van der Waals surface area (Å²) in [5.41, 5.74) is 6.15. The first kappa shape index (κ1) is 10.2. The van der Waals surface area contributed by atoms with Crippen molar-refractivity contribution < 1.29 is 4.79 Å². The molecule has 0 saturated carbocycles. The van der Waals surface area contributed by atoms with Crippen LogP contribution < -0.4 is 5.73 Å². The number of hydrogen-bond acceptors (Lipinski definition) is 2. The summed E-state index contributed by atoms with van der Waals surface area (Å²) in [5.74, 6) is -0.549. The summed E-state index contributed by atoms with van der Waals surface area (Å²) in [6, 6.07) is 6.44. The first-order chi connectivity index (χ1) is 7.08. The molecule has 1 heterocycles. The van der Waals surface area contributed by atoms with E-state index in [9.17, 15) is 4.79 Å². The van der Waals surface area contributed by atoms with Gasteiger partial charge in [-0.05, 0) is 24.3 Å². The van der Waals surface area contributed by atoms with Gasteiger partial charge in [0, 0.05) is 10.4 Å². The Labute approximate surface area is 95.8 Å². The van der Waals surface area contributed by atoms with Crippen LogP contribution in [-0.4, -0.2) is 10.9 Å². The van der Waals surface area contributed by atoms with E-state index in [1.54, 1.807) is 18.2 Å². The Morgan fingerprint density at radius 3 is 2.67 bits per heavy atom. The predicted octanol–water partition coefficient (Wildman–Crippen LogP) is 2.64. The minimum absolute atomic E-state index is 0.235. The maximum Gasteiger partial charge on any atom is 0.249 e. The minimum Gasteiger partial charge on any atom is -0.366 e. The van der Waals surface area contributed by atoms with Gasteiger partial charge >= 0.3 is 0 Å². The second-order valence-corrected chi connectivity index (χ2v) is 3.84. The van der Waals surface area contributed by atoms with E-state index in [-0.39, 0.29) is 5.15 Å². The highest BCUT2D eigenvalue weighted by atomic mass is 35.5.